The zero-order chi connectivity index (χ0) is 28.2. The zero-order valence-electron chi connectivity index (χ0n) is 23.8. The first-order valence-electron chi connectivity index (χ1n) is 14.1. The summed E-state index contributed by atoms with van der Waals surface area (Å²) >= 11 is 0. The van der Waals surface area contributed by atoms with Gasteiger partial charge < -0.3 is 18.6 Å². The van der Waals surface area contributed by atoms with Crippen LogP contribution >= 0.6 is 0 Å². The monoisotopic (exact) mass is 537 g/mol. The molecule has 5 aromatic carbocycles. The summed E-state index contributed by atoms with van der Waals surface area (Å²) in [6.07, 6.45) is 0. The molecule has 4 nitrogen and oxygen atoms in total. The summed E-state index contributed by atoms with van der Waals surface area (Å²) in [5.74, 6) is 0. The molecule has 0 radical (unpaired) electrons. The van der Waals surface area contributed by atoms with Gasteiger partial charge >= 0.3 is 7.12 Å². The van der Waals surface area contributed by atoms with Crippen LogP contribution < -0.4 is 10.4 Å². The minimum Gasteiger partial charge on any atom is -0.455 e. The fourth-order valence-corrected chi connectivity index (χ4v) is 5.57. The Morgan fingerprint density at radius 1 is 0.561 bits per heavy atom. The van der Waals surface area contributed by atoms with E-state index in [1.807, 2.05) is 18.2 Å². The van der Waals surface area contributed by atoms with Crippen LogP contribution in [0.5, 0.6) is 0 Å². The average molecular weight is 537 g/mol. The molecule has 5 heteroatoms. The van der Waals surface area contributed by atoms with Crippen molar-refractivity contribution in [2.45, 2.75) is 38.9 Å². The second-order valence-corrected chi connectivity index (χ2v) is 11.7. The van der Waals surface area contributed by atoms with Crippen molar-refractivity contribution in [3.63, 3.8) is 0 Å². The fourth-order valence-electron chi connectivity index (χ4n) is 5.57. The summed E-state index contributed by atoms with van der Waals surface area (Å²) in [6, 6.07) is 42.2. The molecule has 0 saturated carbocycles. The highest BCUT2D eigenvalue weighted by atomic mass is 16.7. The highest BCUT2D eigenvalue weighted by Crippen LogP contribution is 2.43. The summed E-state index contributed by atoms with van der Waals surface area (Å²) in [7, 11) is -0.451. The molecular formula is C36H32BNO3. The van der Waals surface area contributed by atoms with E-state index in [1.165, 1.54) is 0 Å². The van der Waals surface area contributed by atoms with Crippen molar-refractivity contribution >= 4 is 51.6 Å². The number of fused-ring (bicyclic) bond motifs is 3. The molecule has 1 aliphatic heterocycles. The SMILES string of the molecule is CC1(C)OB(c2ccc3c(c2)oc2c(-c4ccccc4)cc(N(c4ccccc4)c4ccccc4)cc23)OC1(C)C. The van der Waals surface area contributed by atoms with Crippen LogP contribution in [-0.2, 0) is 9.31 Å². The average Bonchev–Trinajstić information content (AvgIpc) is 3.46. The van der Waals surface area contributed by atoms with Crippen LogP contribution in [0, 0.1) is 0 Å². The molecule has 1 aliphatic rings. The maximum atomic E-state index is 6.66. The molecule has 1 fully saturated rings. The van der Waals surface area contributed by atoms with Crippen LogP contribution in [0.2, 0.25) is 0 Å². The molecule has 0 unspecified atom stereocenters. The van der Waals surface area contributed by atoms with E-state index < -0.39 is 18.3 Å². The van der Waals surface area contributed by atoms with Gasteiger partial charge in [-0.3, -0.25) is 0 Å². The lowest BCUT2D eigenvalue weighted by Crippen LogP contribution is -2.41. The van der Waals surface area contributed by atoms with Gasteiger partial charge in [-0.15, -0.1) is 0 Å². The van der Waals surface area contributed by atoms with Gasteiger partial charge in [-0.2, -0.15) is 0 Å². The van der Waals surface area contributed by atoms with Crippen LogP contribution in [0.25, 0.3) is 33.1 Å². The lowest BCUT2D eigenvalue weighted by atomic mass is 9.79. The Labute approximate surface area is 241 Å². The third-order valence-corrected chi connectivity index (χ3v) is 8.48. The van der Waals surface area contributed by atoms with Crippen LogP contribution in [0.15, 0.2) is 126 Å². The van der Waals surface area contributed by atoms with Gasteiger partial charge in [0.2, 0.25) is 0 Å². The molecule has 0 aliphatic carbocycles. The topological polar surface area (TPSA) is 34.8 Å². The predicted molar refractivity (Wildman–Crippen MR) is 170 cm³/mol. The minimum absolute atomic E-state index is 0.409. The van der Waals surface area contributed by atoms with Crippen molar-refractivity contribution in [2.24, 2.45) is 0 Å². The van der Waals surface area contributed by atoms with Gasteiger partial charge in [-0.1, -0.05) is 78.9 Å². The number of para-hydroxylation sites is 2. The fraction of sp³-hybridized carbons (Fsp3) is 0.167. The Kier molecular flexibility index (Phi) is 6.04. The van der Waals surface area contributed by atoms with E-state index in [-0.39, 0.29) is 0 Å². The summed E-state index contributed by atoms with van der Waals surface area (Å²) in [6.45, 7) is 8.30. The first kappa shape index (κ1) is 25.6. The van der Waals surface area contributed by atoms with E-state index in [4.69, 9.17) is 13.7 Å². The Balaban J connectivity index is 1.44. The standard InChI is InChI=1S/C36H32BNO3/c1-35(2)36(3,4)41-37(40-35)26-20-21-30-32-24-29(38(27-16-10-6-11-17-27)28-18-12-7-13-19-28)23-31(25-14-8-5-9-15-25)34(32)39-33(30)22-26/h5-24H,1-4H3. The molecule has 1 aromatic heterocycles. The number of benzene rings is 5. The van der Waals surface area contributed by atoms with E-state index in [9.17, 15) is 0 Å². The second kappa shape index (κ2) is 9.65. The molecule has 0 bridgehead atoms. The summed E-state index contributed by atoms with van der Waals surface area (Å²) in [4.78, 5) is 2.30. The summed E-state index contributed by atoms with van der Waals surface area (Å²) in [5.41, 5.74) is 7.20. The van der Waals surface area contributed by atoms with E-state index in [1.54, 1.807) is 0 Å². The van der Waals surface area contributed by atoms with Gasteiger partial charge in [-0.05, 0) is 81.2 Å². The first-order valence-corrected chi connectivity index (χ1v) is 14.1. The van der Waals surface area contributed by atoms with Gasteiger partial charge in [0.15, 0.2) is 0 Å². The highest BCUT2D eigenvalue weighted by Gasteiger charge is 2.51. The number of furan rings is 1. The van der Waals surface area contributed by atoms with Crippen LogP contribution in [-0.4, -0.2) is 18.3 Å². The number of hydrogen-bond acceptors (Lipinski definition) is 4. The molecule has 2 heterocycles. The van der Waals surface area contributed by atoms with Gasteiger partial charge in [-0.25, -0.2) is 0 Å². The van der Waals surface area contributed by atoms with E-state index in [0.29, 0.717) is 0 Å². The molecule has 6 aromatic rings. The Morgan fingerprint density at radius 3 is 1.71 bits per heavy atom. The third-order valence-electron chi connectivity index (χ3n) is 8.48. The van der Waals surface area contributed by atoms with Crippen molar-refractivity contribution in [1.29, 1.82) is 0 Å². The van der Waals surface area contributed by atoms with Gasteiger partial charge in [0, 0.05) is 33.4 Å². The molecule has 7 rings (SSSR count). The minimum atomic E-state index is -0.451. The lowest BCUT2D eigenvalue weighted by Gasteiger charge is -2.32. The molecule has 1 saturated heterocycles. The van der Waals surface area contributed by atoms with Gasteiger partial charge in [0.05, 0.1) is 11.2 Å². The van der Waals surface area contributed by atoms with Crippen LogP contribution in [0.3, 0.4) is 0 Å². The molecule has 0 N–H and O–H groups in total. The molecule has 0 amide bonds. The Bertz CT molecular complexity index is 1790. The molecule has 41 heavy (non-hydrogen) atoms. The molecule has 202 valence electrons. The summed E-state index contributed by atoms with van der Waals surface area (Å²) in [5, 5.41) is 2.12. The van der Waals surface area contributed by atoms with E-state index >= 15 is 0 Å². The number of hydrogen-bond donors (Lipinski definition) is 0. The maximum Gasteiger partial charge on any atom is 0.494 e. The maximum absolute atomic E-state index is 6.66. The first-order chi connectivity index (χ1) is 19.8. The van der Waals surface area contributed by atoms with Gasteiger partial charge in [0.25, 0.3) is 0 Å². The third kappa shape index (κ3) is 4.42. The quantitative estimate of drug-likeness (QED) is 0.206. The smallest absolute Gasteiger partial charge is 0.455 e. The van der Waals surface area contributed by atoms with Crippen molar-refractivity contribution in [2.75, 3.05) is 4.90 Å². The zero-order valence-corrected chi connectivity index (χ0v) is 23.8. The van der Waals surface area contributed by atoms with Crippen molar-refractivity contribution in [1.82, 2.24) is 0 Å². The van der Waals surface area contributed by atoms with Crippen molar-refractivity contribution < 1.29 is 13.7 Å². The van der Waals surface area contributed by atoms with Crippen molar-refractivity contribution in [3.8, 4) is 11.1 Å². The molecular weight excluding hydrogens is 505 g/mol. The largest absolute Gasteiger partial charge is 0.494 e. The summed E-state index contributed by atoms with van der Waals surface area (Å²) < 4.78 is 19.3. The van der Waals surface area contributed by atoms with E-state index in [0.717, 1.165) is 55.6 Å². The van der Waals surface area contributed by atoms with E-state index in [2.05, 4.69) is 136 Å². The number of rotatable bonds is 5. The lowest BCUT2D eigenvalue weighted by molar-refractivity contribution is 0.00578. The Hall–Kier alpha value is -4.32. The van der Waals surface area contributed by atoms with Crippen molar-refractivity contribution in [3.05, 3.63) is 121 Å². The number of nitrogens with zero attached hydrogens (tertiary/aromatic N) is 1. The predicted octanol–water partition coefficient (Wildman–Crippen LogP) is 9.02. The Morgan fingerprint density at radius 2 is 1.12 bits per heavy atom. The van der Waals surface area contributed by atoms with Crippen LogP contribution in [0.4, 0.5) is 17.1 Å². The van der Waals surface area contributed by atoms with Gasteiger partial charge in [0.1, 0.15) is 11.2 Å². The highest BCUT2D eigenvalue weighted by molar-refractivity contribution is 6.62. The molecule has 0 spiro atoms. The molecule has 0 atom stereocenters. The normalized spacial score (nSPS) is 16.0. The number of anilines is 3. The van der Waals surface area contributed by atoms with Crippen LogP contribution in [0.1, 0.15) is 27.7 Å². The second-order valence-electron chi connectivity index (χ2n) is 11.7.